The van der Waals surface area contributed by atoms with Crippen LogP contribution in [0.25, 0.3) is 0 Å². The lowest BCUT2D eigenvalue weighted by Crippen LogP contribution is -2.32. The summed E-state index contributed by atoms with van der Waals surface area (Å²) in [7, 11) is -3.75. The van der Waals surface area contributed by atoms with Crippen LogP contribution in [0, 0.1) is 6.92 Å². The monoisotopic (exact) mass is 467 g/mol. The summed E-state index contributed by atoms with van der Waals surface area (Å²) in [6.45, 7) is 3.02. The maximum atomic E-state index is 12.7. The third-order valence-electron chi connectivity index (χ3n) is 5.16. The van der Waals surface area contributed by atoms with Gasteiger partial charge in [0.05, 0.1) is 16.7 Å². The average molecular weight is 468 g/mol. The van der Waals surface area contributed by atoms with Crippen molar-refractivity contribution < 1.29 is 22.7 Å². The topological polar surface area (TPSA) is 107 Å². The van der Waals surface area contributed by atoms with Crippen molar-refractivity contribution >= 4 is 21.6 Å². The lowest BCUT2D eigenvalue weighted by molar-refractivity contribution is 0.0855. The number of pyridine rings is 1. The van der Waals surface area contributed by atoms with Crippen molar-refractivity contribution in [2.24, 2.45) is 0 Å². The molecule has 3 aromatic rings. The van der Waals surface area contributed by atoms with Crippen molar-refractivity contribution in [2.75, 3.05) is 17.9 Å². The zero-order valence-corrected chi connectivity index (χ0v) is 19.0. The van der Waals surface area contributed by atoms with Crippen molar-refractivity contribution in [3.8, 4) is 11.6 Å². The van der Waals surface area contributed by atoms with Crippen LogP contribution in [0.15, 0.2) is 71.8 Å². The molecule has 1 fully saturated rings. The van der Waals surface area contributed by atoms with Gasteiger partial charge in [0.2, 0.25) is 5.88 Å². The van der Waals surface area contributed by atoms with Crippen LogP contribution >= 0.6 is 0 Å². The Labute approximate surface area is 193 Å². The van der Waals surface area contributed by atoms with Gasteiger partial charge >= 0.3 is 0 Å². The number of sulfonamides is 1. The van der Waals surface area contributed by atoms with Crippen LogP contribution in [-0.4, -0.2) is 38.6 Å². The van der Waals surface area contributed by atoms with E-state index in [9.17, 15) is 13.2 Å². The summed E-state index contributed by atoms with van der Waals surface area (Å²) in [5, 5.41) is 2.86. The summed E-state index contributed by atoms with van der Waals surface area (Å²) >= 11 is 0. The maximum Gasteiger partial charge on any atom is 0.261 e. The number of nitrogens with zero attached hydrogens (tertiary/aromatic N) is 1. The van der Waals surface area contributed by atoms with Gasteiger partial charge in [-0.3, -0.25) is 9.52 Å². The van der Waals surface area contributed by atoms with Crippen molar-refractivity contribution in [3.63, 3.8) is 0 Å². The largest absolute Gasteiger partial charge is 0.438 e. The Morgan fingerprint density at radius 3 is 2.73 bits per heavy atom. The molecule has 0 aliphatic carbocycles. The lowest BCUT2D eigenvalue weighted by atomic mass is 10.2. The highest BCUT2D eigenvalue weighted by Crippen LogP contribution is 2.27. The molecule has 2 N–H and O–H groups in total. The molecule has 1 atom stereocenters. The molecule has 0 radical (unpaired) electrons. The SMILES string of the molecule is Cc1ccc(S(=O)(=O)Nc2cccc(Oc3ncccc3C(=O)NC[C@H]3CCCO3)c2)cc1. The molecule has 0 bridgehead atoms. The van der Waals surface area contributed by atoms with E-state index in [0.717, 1.165) is 18.4 Å². The van der Waals surface area contributed by atoms with Crippen molar-refractivity contribution in [3.05, 3.63) is 78.0 Å². The zero-order chi connectivity index (χ0) is 23.3. The molecule has 1 amide bonds. The zero-order valence-electron chi connectivity index (χ0n) is 18.2. The number of ether oxygens (including phenoxy) is 2. The second-order valence-electron chi connectivity index (χ2n) is 7.75. The Bertz CT molecular complexity index is 1220. The average Bonchev–Trinajstić information content (AvgIpc) is 3.32. The van der Waals surface area contributed by atoms with E-state index in [0.29, 0.717) is 24.6 Å². The van der Waals surface area contributed by atoms with E-state index in [-0.39, 0.29) is 28.4 Å². The minimum absolute atomic E-state index is 0.0215. The van der Waals surface area contributed by atoms with Gasteiger partial charge in [-0.25, -0.2) is 13.4 Å². The van der Waals surface area contributed by atoms with Gasteiger partial charge in [0, 0.05) is 25.4 Å². The number of rotatable bonds is 8. The van der Waals surface area contributed by atoms with Crippen molar-refractivity contribution in [1.29, 1.82) is 0 Å². The highest BCUT2D eigenvalue weighted by Gasteiger charge is 2.19. The number of carbonyl (C=O) groups is 1. The highest BCUT2D eigenvalue weighted by atomic mass is 32.2. The van der Waals surface area contributed by atoms with Gasteiger partial charge in [0.15, 0.2) is 0 Å². The van der Waals surface area contributed by atoms with Gasteiger partial charge in [0.25, 0.3) is 15.9 Å². The molecule has 172 valence electrons. The summed E-state index contributed by atoms with van der Waals surface area (Å²) in [5.74, 6) is 0.150. The number of anilines is 1. The molecule has 2 aromatic carbocycles. The molecule has 4 rings (SSSR count). The minimum atomic E-state index is -3.75. The molecule has 0 spiro atoms. The van der Waals surface area contributed by atoms with E-state index in [1.807, 2.05) is 6.92 Å². The van der Waals surface area contributed by atoms with Gasteiger partial charge in [0.1, 0.15) is 11.3 Å². The van der Waals surface area contributed by atoms with Crippen LogP contribution in [0.5, 0.6) is 11.6 Å². The molecule has 1 aliphatic heterocycles. The predicted octanol–water partition coefficient (Wildman–Crippen LogP) is 3.89. The van der Waals surface area contributed by atoms with Crippen LogP contribution in [0.4, 0.5) is 5.69 Å². The summed E-state index contributed by atoms with van der Waals surface area (Å²) in [6, 6.07) is 16.3. The third kappa shape index (κ3) is 5.88. The van der Waals surface area contributed by atoms with Crippen LogP contribution in [0.3, 0.4) is 0 Å². The Kier molecular flexibility index (Phi) is 6.90. The number of hydrogen-bond donors (Lipinski definition) is 2. The molecule has 0 unspecified atom stereocenters. The van der Waals surface area contributed by atoms with Crippen LogP contribution in [0.2, 0.25) is 0 Å². The minimum Gasteiger partial charge on any atom is -0.438 e. The molecule has 1 saturated heterocycles. The van der Waals surface area contributed by atoms with E-state index >= 15 is 0 Å². The first-order valence-corrected chi connectivity index (χ1v) is 12.1. The summed E-state index contributed by atoms with van der Waals surface area (Å²) in [6.07, 6.45) is 3.46. The Morgan fingerprint density at radius 2 is 1.97 bits per heavy atom. The third-order valence-corrected chi connectivity index (χ3v) is 6.56. The molecule has 8 nitrogen and oxygen atoms in total. The predicted molar refractivity (Wildman–Crippen MR) is 124 cm³/mol. The van der Waals surface area contributed by atoms with E-state index in [1.54, 1.807) is 54.6 Å². The van der Waals surface area contributed by atoms with Gasteiger partial charge in [-0.15, -0.1) is 0 Å². The highest BCUT2D eigenvalue weighted by molar-refractivity contribution is 7.92. The number of aromatic nitrogens is 1. The number of aryl methyl sites for hydroxylation is 1. The fourth-order valence-electron chi connectivity index (χ4n) is 3.42. The smallest absolute Gasteiger partial charge is 0.261 e. The number of amides is 1. The normalized spacial score (nSPS) is 15.7. The first-order valence-electron chi connectivity index (χ1n) is 10.6. The first-order chi connectivity index (χ1) is 15.9. The molecule has 1 aliphatic rings. The number of carbonyl (C=O) groups excluding carboxylic acids is 1. The molecule has 33 heavy (non-hydrogen) atoms. The Morgan fingerprint density at radius 1 is 1.15 bits per heavy atom. The summed E-state index contributed by atoms with van der Waals surface area (Å²) in [4.78, 5) is 17.0. The van der Waals surface area contributed by atoms with Gasteiger partial charge < -0.3 is 14.8 Å². The second-order valence-corrected chi connectivity index (χ2v) is 9.43. The first kappa shape index (κ1) is 22.8. The van der Waals surface area contributed by atoms with Crippen molar-refractivity contribution in [1.82, 2.24) is 10.3 Å². The van der Waals surface area contributed by atoms with E-state index in [2.05, 4.69) is 15.0 Å². The van der Waals surface area contributed by atoms with E-state index in [1.165, 1.54) is 12.3 Å². The lowest BCUT2D eigenvalue weighted by Gasteiger charge is -2.13. The molecule has 0 saturated carbocycles. The fourth-order valence-corrected chi connectivity index (χ4v) is 4.47. The Hall–Kier alpha value is -3.43. The standard InChI is InChI=1S/C24H25N3O5S/c1-17-9-11-21(12-10-17)33(29,30)27-18-5-2-6-19(15-18)32-24-22(8-3-13-25-24)23(28)26-16-20-7-4-14-31-20/h2-3,5-6,8-13,15,20,27H,4,7,14,16H2,1H3,(H,26,28)/t20-/m1/s1. The summed E-state index contributed by atoms with van der Waals surface area (Å²) < 4.78 is 39.3. The fraction of sp³-hybridized carbons (Fsp3) is 0.250. The van der Waals surface area contributed by atoms with E-state index in [4.69, 9.17) is 9.47 Å². The Balaban J connectivity index is 1.47. The summed E-state index contributed by atoms with van der Waals surface area (Å²) in [5.41, 5.74) is 1.57. The molecular formula is C24H25N3O5S. The number of nitrogens with one attached hydrogen (secondary N) is 2. The maximum absolute atomic E-state index is 12.7. The molecular weight excluding hydrogens is 442 g/mol. The number of hydrogen-bond acceptors (Lipinski definition) is 6. The van der Waals surface area contributed by atoms with E-state index < -0.39 is 10.0 Å². The number of benzene rings is 2. The van der Waals surface area contributed by atoms with Crippen LogP contribution in [-0.2, 0) is 14.8 Å². The van der Waals surface area contributed by atoms with Gasteiger partial charge in [-0.2, -0.15) is 0 Å². The van der Waals surface area contributed by atoms with Gasteiger partial charge in [-0.1, -0.05) is 23.8 Å². The quantitative estimate of drug-likeness (QED) is 0.521. The molecule has 9 heteroatoms. The van der Waals surface area contributed by atoms with Crippen LogP contribution < -0.4 is 14.8 Å². The molecule has 1 aromatic heterocycles. The van der Waals surface area contributed by atoms with Crippen molar-refractivity contribution in [2.45, 2.75) is 30.8 Å². The second kappa shape index (κ2) is 10.0. The van der Waals surface area contributed by atoms with Gasteiger partial charge in [-0.05, 0) is 56.2 Å². The van der Waals surface area contributed by atoms with Crippen LogP contribution in [0.1, 0.15) is 28.8 Å². The molecule has 2 heterocycles.